The average Bonchev–Trinajstić information content (AvgIpc) is 3.44. The highest BCUT2D eigenvalue weighted by Gasteiger charge is 2.57. The first kappa shape index (κ1) is 28.2. The molecule has 1 aliphatic rings. The second-order valence-electron chi connectivity index (χ2n) is 11.2. The number of benzene rings is 3. The normalized spacial score (nSPS) is 17.7. The zero-order chi connectivity index (χ0) is 29.5. The van der Waals surface area contributed by atoms with Gasteiger partial charge in [-0.2, -0.15) is 13.2 Å². The fraction of sp³-hybridized carbons (Fsp3) is 0.303. The van der Waals surface area contributed by atoms with Gasteiger partial charge in [0.25, 0.3) is 0 Å². The monoisotopic (exact) mass is 576 g/mol. The molecule has 1 saturated heterocycles. The minimum absolute atomic E-state index is 0.281. The van der Waals surface area contributed by atoms with Gasteiger partial charge in [-0.1, -0.05) is 48.5 Å². The second kappa shape index (κ2) is 10.7. The van der Waals surface area contributed by atoms with Crippen LogP contribution in [0.4, 0.5) is 13.2 Å². The summed E-state index contributed by atoms with van der Waals surface area (Å²) < 4.78 is 58.0. The molecule has 3 heterocycles. The summed E-state index contributed by atoms with van der Waals surface area (Å²) in [5.41, 5.74) is -1.94. The van der Waals surface area contributed by atoms with E-state index in [1.165, 1.54) is 16.8 Å². The van der Waals surface area contributed by atoms with Crippen LogP contribution in [-0.4, -0.2) is 39.6 Å². The van der Waals surface area contributed by atoms with Crippen LogP contribution in [0.5, 0.6) is 0 Å². The van der Waals surface area contributed by atoms with Gasteiger partial charge in [0.1, 0.15) is 0 Å². The van der Waals surface area contributed by atoms with Crippen LogP contribution in [-0.2, 0) is 21.4 Å². The van der Waals surface area contributed by atoms with Gasteiger partial charge in [-0.25, -0.2) is 0 Å². The van der Waals surface area contributed by atoms with Crippen molar-refractivity contribution in [2.24, 2.45) is 0 Å². The van der Waals surface area contributed by atoms with Crippen LogP contribution >= 0.6 is 0 Å². The van der Waals surface area contributed by atoms with E-state index in [1.807, 2.05) is 36.4 Å². The Kier molecular flexibility index (Phi) is 7.21. The van der Waals surface area contributed by atoms with Crippen molar-refractivity contribution in [3.05, 3.63) is 118 Å². The molecule has 0 bridgehead atoms. The quantitative estimate of drug-likeness (QED) is 0.229. The summed E-state index contributed by atoms with van der Waals surface area (Å²) in [6, 6.07) is 24.1. The third-order valence-electron chi connectivity index (χ3n) is 8.24. The largest absolute Gasteiger partial charge is 0.418 e. The maximum atomic E-state index is 15.0. The van der Waals surface area contributed by atoms with Crippen LogP contribution < -0.4 is 5.43 Å². The molecular weight excluding hydrogens is 545 g/mol. The molecule has 0 saturated carbocycles. The highest BCUT2D eigenvalue weighted by Crippen LogP contribution is 2.46. The molecular formula is C33H31F3N2O4. The Hall–Kier alpha value is -3.92. The number of nitrogens with one attached hydrogen (secondary N) is 1. The van der Waals surface area contributed by atoms with Crippen molar-refractivity contribution in [3.63, 3.8) is 0 Å². The lowest BCUT2D eigenvalue weighted by Crippen LogP contribution is -2.53. The van der Waals surface area contributed by atoms with Crippen molar-refractivity contribution in [3.8, 4) is 0 Å². The molecule has 2 N–H and O–H groups in total. The fourth-order valence-corrected chi connectivity index (χ4v) is 5.94. The van der Waals surface area contributed by atoms with Crippen LogP contribution in [0, 0.1) is 0 Å². The Labute approximate surface area is 240 Å². The van der Waals surface area contributed by atoms with E-state index in [9.17, 15) is 9.90 Å². The first-order valence-corrected chi connectivity index (χ1v) is 13.9. The number of hydrogen-bond acceptors (Lipinski definition) is 4. The predicted molar refractivity (Wildman–Crippen MR) is 154 cm³/mol. The van der Waals surface area contributed by atoms with Gasteiger partial charge >= 0.3 is 6.18 Å². The molecule has 2 aromatic heterocycles. The highest BCUT2D eigenvalue weighted by atomic mass is 19.4. The number of fused-ring (bicyclic) bond motifs is 2. The fourth-order valence-electron chi connectivity index (χ4n) is 5.94. The molecule has 218 valence electrons. The second-order valence-corrected chi connectivity index (χ2v) is 11.2. The molecule has 2 unspecified atom stereocenters. The van der Waals surface area contributed by atoms with Crippen molar-refractivity contribution >= 4 is 21.8 Å². The van der Waals surface area contributed by atoms with Gasteiger partial charge in [-0.15, -0.1) is 0 Å². The van der Waals surface area contributed by atoms with E-state index >= 15 is 13.2 Å². The standard InChI is InChI=1S/C33H31F3N2O4/c1-31(29-19-22-8-2-4-12-26(22)37-29,24-10-6-9-23(18-24)30-41-16-7-17-42-30)20-32(40,33(34,35)36)21-38-15-14-28(39)25-11-3-5-13-27(25)38/h2-6,8-15,18-19,30,37,40H,7,16-17,20-21H2,1H3. The maximum absolute atomic E-state index is 15.0. The van der Waals surface area contributed by atoms with Gasteiger partial charge in [0.15, 0.2) is 17.3 Å². The minimum atomic E-state index is -5.00. The van der Waals surface area contributed by atoms with Crippen LogP contribution in [0.3, 0.4) is 0 Å². The number of aromatic nitrogens is 2. The number of aromatic amines is 1. The molecule has 2 atom stereocenters. The van der Waals surface area contributed by atoms with E-state index in [-0.39, 0.29) is 10.8 Å². The lowest BCUT2D eigenvalue weighted by molar-refractivity contribution is -0.270. The number of aliphatic hydroxyl groups is 1. The van der Waals surface area contributed by atoms with Crippen molar-refractivity contribution in [2.75, 3.05) is 13.2 Å². The van der Waals surface area contributed by atoms with E-state index < -0.39 is 36.4 Å². The van der Waals surface area contributed by atoms with Gasteiger partial charge in [0, 0.05) is 46.3 Å². The van der Waals surface area contributed by atoms with Gasteiger partial charge in [-0.3, -0.25) is 4.79 Å². The third-order valence-corrected chi connectivity index (χ3v) is 8.24. The molecule has 1 aliphatic heterocycles. The summed E-state index contributed by atoms with van der Waals surface area (Å²) >= 11 is 0. The average molecular weight is 577 g/mol. The first-order valence-electron chi connectivity index (χ1n) is 13.9. The molecule has 5 aromatic rings. The van der Waals surface area contributed by atoms with E-state index in [1.54, 1.807) is 49.4 Å². The molecule has 0 amide bonds. The number of pyridine rings is 1. The van der Waals surface area contributed by atoms with E-state index in [0.717, 1.165) is 17.3 Å². The summed E-state index contributed by atoms with van der Waals surface area (Å²) in [6.07, 6.45) is -4.26. The molecule has 9 heteroatoms. The number of para-hydroxylation sites is 2. The SMILES string of the molecule is CC(CC(O)(Cn1ccc(=O)c2ccccc21)C(F)(F)F)(c1cccc(C2OCCCO2)c1)c1cc2ccccc2[nH]1. The summed E-state index contributed by atoms with van der Waals surface area (Å²) in [5.74, 6) is 0. The van der Waals surface area contributed by atoms with Crippen molar-refractivity contribution < 1.29 is 27.8 Å². The molecule has 6 nitrogen and oxygen atoms in total. The summed E-state index contributed by atoms with van der Waals surface area (Å²) in [5, 5.41) is 12.8. The Balaban J connectivity index is 1.49. The molecule has 42 heavy (non-hydrogen) atoms. The predicted octanol–water partition coefficient (Wildman–Crippen LogP) is 6.61. The van der Waals surface area contributed by atoms with Gasteiger partial charge in [0.2, 0.25) is 0 Å². The summed E-state index contributed by atoms with van der Waals surface area (Å²) in [6.45, 7) is 1.95. The number of hydrogen-bond donors (Lipinski definition) is 2. The summed E-state index contributed by atoms with van der Waals surface area (Å²) in [4.78, 5) is 15.7. The van der Waals surface area contributed by atoms with Crippen LogP contribution in [0.1, 0.15) is 42.9 Å². The van der Waals surface area contributed by atoms with Gasteiger partial charge in [-0.05, 0) is 54.6 Å². The molecule has 0 radical (unpaired) electrons. The molecule has 1 fully saturated rings. The molecule has 0 spiro atoms. The summed E-state index contributed by atoms with van der Waals surface area (Å²) in [7, 11) is 0. The number of H-pyrrole nitrogens is 1. The zero-order valence-corrected chi connectivity index (χ0v) is 23.0. The van der Waals surface area contributed by atoms with E-state index in [2.05, 4.69) is 4.98 Å². The lowest BCUT2D eigenvalue weighted by atomic mass is 9.70. The Bertz CT molecular complexity index is 1760. The number of halogens is 3. The Morgan fingerprint density at radius 2 is 1.69 bits per heavy atom. The van der Waals surface area contributed by atoms with E-state index in [0.29, 0.717) is 35.6 Å². The van der Waals surface area contributed by atoms with Gasteiger partial charge < -0.3 is 24.1 Å². The lowest BCUT2D eigenvalue weighted by Gasteiger charge is -2.40. The van der Waals surface area contributed by atoms with Crippen molar-refractivity contribution in [2.45, 2.75) is 49.8 Å². The van der Waals surface area contributed by atoms with Crippen LogP contribution in [0.25, 0.3) is 21.8 Å². The minimum Gasteiger partial charge on any atom is -0.379 e. The van der Waals surface area contributed by atoms with Crippen LogP contribution in [0.15, 0.2) is 95.9 Å². The van der Waals surface area contributed by atoms with Crippen LogP contribution in [0.2, 0.25) is 0 Å². The zero-order valence-electron chi connectivity index (χ0n) is 23.0. The third kappa shape index (κ3) is 5.12. The highest BCUT2D eigenvalue weighted by molar-refractivity contribution is 5.81. The smallest absolute Gasteiger partial charge is 0.379 e. The van der Waals surface area contributed by atoms with Crippen molar-refractivity contribution in [1.82, 2.24) is 9.55 Å². The number of ether oxygens (including phenoxy) is 2. The Morgan fingerprint density at radius 3 is 2.45 bits per heavy atom. The maximum Gasteiger partial charge on any atom is 0.418 e. The Morgan fingerprint density at radius 1 is 0.952 bits per heavy atom. The van der Waals surface area contributed by atoms with E-state index in [4.69, 9.17) is 9.47 Å². The topological polar surface area (TPSA) is 76.5 Å². The first-order chi connectivity index (χ1) is 20.1. The molecule has 6 rings (SSSR count). The molecule has 0 aliphatic carbocycles. The number of alkyl halides is 3. The van der Waals surface area contributed by atoms with Gasteiger partial charge in [0.05, 0.1) is 25.3 Å². The molecule has 3 aromatic carbocycles. The number of nitrogens with zero attached hydrogens (tertiary/aromatic N) is 1. The number of rotatable bonds is 7. The van der Waals surface area contributed by atoms with Crippen molar-refractivity contribution in [1.29, 1.82) is 0 Å².